The van der Waals surface area contributed by atoms with Gasteiger partial charge >= 0.3 is 0 Å². The molecule has 3 aromatic heterocycles. The second kappa shape index (κ2) is 11.4. The molecule has 1 fully saturated rings. The molecule has 4 heterocycles. The molecular weight excluding hydrogens is 470 g/mol. The summed E-state index contributed by atoms with van der Waals surface area (Å²) in [4.78, 5) is 23.5. The smallest absolute Gasteiger partial charge is 0.256 e. The number of carbonyl (C=O) groups is 1. The third kappa shape index (κ3) is 5.67. The molecule has 1 atom stereocenters. The molecule has 0 bridgehead atoms. The van der Waals surface area contributed by atoms with Gasteiger partial charge in [-0.25, -0.2) is 4.98 Å². The number of amides is 1. The van der Waals surface area contributed by atoms with E-state index in [2.05, 4.69) is 38.4 Å². The number of ether oxygens (including phenoxy) is 2. The maximum atomic E-state index is 13.1. The maximum Gasteiger partial charge on any atom is 0.256 e. The molecule has 0 radical (unpaired) electrons. The van der Waals surface area contributed by atoms with Crippen molar-refractivity contribution in [3.8, 4) is 0 Å². The lowest BCUT2D eigenvalue weighted by Gasteiger charge is -2.17. The Balaban J connectivity index is 1.26. The largest absolute Gasteiger partial charge is 0.378 e. The van der Waals surface area contributed by atoms with Crippen LogP contribution in [-0.4, -0.2) is 77.1 Å². The quantitative estimate of drug-likeness (QED) is 0.267. The van der Waals surface area contributed by atoms with Gasteiger partial charge in [-0.3, -0.25) is 14.4 Å². The van der Waals surface area contributed by atoms with E-state index in [1.54, 1.807) is 0 Å². The van der Waals surface area contributed by atoms with Gasteiger partial charge in [-0.2, -0.15) is 5.10 Å². The molecule has 5 rings (SSSR count). The number of anilines is 1. The predicted octanol–water partition coefficient (Wildman–Crippen LogP) is 3.23. The van der Waals surface area contributed by atoms with Crippen LogP contribution in [0, 0.1) is 6.92 Å². The first-order chi connectivity index (χ1) is 18.0. The van der Waals surface area contributed by atoms with Gasteiger partial charge in [-0.05, 0) is 51.6 Å². The number of nitrogens with zero attached hydrogens (tertiary/aromatic N) is 4. The van der Waals surface area contributed by atoms with Gasteiger partial charge in [0.05, 0.1) is 49.7 Å². The first kappa shape index (κ1) is 25.3. The average molecular weight is 506 g/mol. The standard InChI is InChI=1S/C27H35N7O3/c1-18-21-6-5-19(15-25(21)34(32-18)9-11-37-13-12-36-10-7-28)27(35)31-26-16-22-20(17-29-26)14-23(30-22)24-4-3-8-33(24)2/h5-6,14-17,24,30H,3-4,7-13,28H2,1-2H3,(H,29,31,35)/t24-/m1/s1. The van der Waals surface area contributed by atoms with Crippen LogP contribution >= 0.6 is 0 Å². The highest BCUT2D eigenvalue weighted by atomic mass is 16.5. The van der Waals surface area contributed by atoms with Gasteiger partial charge in [0.15, 0.2) is 0 Å². The second-order valence-corrected chi connectivity index (χ2v) is 9.53. The number of hydrogen-bond acceptors (Lipinski definition) is 7. The first-order valence-corrected chi connectivity index (χ1v) is 12.9. The van der Waals surface area contributed by atoms with Crippen molar-refractivity contribution in [2.24, 2.45) is 5.73 Å². The molecule has 0 unspecified atom stereocenters. The van der Waals surface area contributed by atoms with Crippen molar-refractivity contribution >= 4 is 33.5 Å². The van der Waals surface area contributed by atoms with Gasteiger partial charge in [0.25, 0.3) is 5.91 Å². The van der Waals surface area contributed by atoms with Crippen molar-refractivity contribution in [1.29, 1.82) is 0 Å². The van der Waals surface area contributed by atoms with Gasteiger partial charge in [0, 0.05) is 46.9 Å². The van der Waals surface area contributed by atoms with Gasteiger partial charge in [0.1, 0.15) is 5.82 Å². The zero-order valence-electron chi connectivity index (χ0n) is 21.5. The molecule has 1 amide bonds. The molecule has 1 saturated heterocycles. The van der Waals surface area contributed by atoms with Crippen molar-refractivity contribution in [3.05, 3.63) is 53.5 Å². The van der Waals surface area contributed by atoms with Gasteiger partial charge in [-0.15, -0.1) is 0 Å². The normalized spacial score (nSPS) is 16.2. The van der Waals surface area contributed by atoms with Crippen LogP contribution in [0.1, 0.15) is 40.6 Å². The summed E-state index contributed by atoms with van der Waals surface area (Å²) in [7, 11) is 2.16. The fourth-order valence-corrected chi connectivity index (χ4v) is 5.00. The van der Waals surface area contributed by atoms with Crippen LogP contribution in [0.3, 0.4) is 0 Å². The molecule has 0 aliphatic carbocycles. The van der Waals surface area contributed by atoms with E-state index >= 15 is 0 Å². The summed E-state index contributed by atoms with van der Waals surface area (Å²) in [6, 6.07) is 10.1. The molecule has 196 valence electrons. The highest BCUT2D eigenvalue weighted by Crippen LogP contribution is 2.32. The molecule has 0 saturated carbocycles. The number of aromatic amines is 1. The number of benzene rings is 1. The number of carbonyl (C=O) groups excluding carboxylic acids is 1. The molecule has 10 heteroatoms. The second-order valence-electron chi connectivity index (χ2n) is 9.53. The Morgan fingerprint density at radius 3 is 2.81 bits per heavy atom. The van der Waals surface area contributed by atoms with E-state index in [4.69, 9.17) is 15.2 Å². The summed E-state index contributed by atoms with van der Waals surface area (Å²) in [5, 5.41) is 9.64. The third-order valence-corrected chi connectivity index (χ3v) is 6.93. The summed E-state index contributed by atoms with van der Waals surface area (Å²) in [6.45, 7) is 6.21. The monoisotopic (exact) mass is 505 g/mol. The number of rotatable bonds is 11. The molecule has 10 nitrogen and oxygen atoms in total. The minimum atomic E-state index is -0.213. The van der Waals surface area contributed by atoms with E-state index in [0.717, 1.165) is 40.5 Å². The van der Waals surface area contributed by atoms with E-state index in [1.165, 1.54) is 12.1 Å². The van der Waals surface area contributed by atoms with Crippen molar-refractivity contribution in [3.63, 3.8) is 0 Å². The van der Waals surface area contributed by atoms with E-state index in [-0.39, 0.29) is 5.91 Å². The first-order valence-electron chi connectivity index (χ1n) is 12.9. The molecule has 4 aromatic rings. The topological polar surface area (TPSA) is 123 Å². The molecule has 4 N–H and O–H groups in total. The number of nitrogens with one attached hydrogen (secondary N) is 2. The minimum Gasteiger partial charge on any atom is -0.378 e. The SMILES string of the molecule is Cc1nn(CCOCCOCCN)c2cc(C(=O)Nc3cc4[nH]c([C@H]5CCCN5C)cc4cn3)ccc12. The molecule has 1 aromatic carbocycles. The summed E-state index contributed by atoms with van der Waals surface area (Å²) in [5.74, 6) is 0.301. The van der Waals surface area contributed by atoms with Crippen LogP contribution in [0.15, 0.2) is 36.5 Å². The lowest BCUT2D eigenvalue weighted by atomic mass is 10.1. The Morgan fingerprint density at radius 1 is 1.19 bits per heavy atom. The molecule has 0 spiro atoms. The Morgan fingerprint density at radius 2 is 2.03 bits per heavy atom. The van der Waals surface area contributed by atoms with Crippen LogP contribution in [0.4, 0.5) is 5.82 Å². The lowest BCUT2D eigenvalue weighted by molar-refractivity contribution is 0.0471. The number of fused-ring (bicyclic) bond motifs is 2. The predicted molar refractivity (Wildman–Crippen MR) is 144 cm³/mol. The van der Waals surface area contributed by atoms with Crippen LogP contribution < -0.4 is 11.1 Å². The Labute approximate surface area is 216 Å². The third-order valence-electron chi connectivity index (χ3n) is 6.93. The number of hydrogen-bond donors (Lipinski definition) is 3. The number of H-pyrrole nitrogens is 1. The lowest BCUT2D eigenvalue weighted by Crippen LogP contribution is -2.17. The summed E-state index contributed by atoms with van der Waals surface area (Å²) >= 11 is 0. The van der Waals surface area contributed by atoms with E-state index in [0.29, 0.717) is 56.9 Å². The molecule has 37 heavy (non-hydrogen) atoms. The van der Waals surface area contributed by atoms with Crippen LogP contribution in [0.5, 0.6) is 0 Å². The Kier molecular flexibility index (Phi) is 7.80. The highest BCUT2D eigenvalue weighted by Gasteiger charge is 2.24. The van der Waals surface area contributed by atoms with Crippen molar-refractivity contribution in [1.82, 2.24) is 24.6 Å². The van der Waals surface area contributed by atoms with Crippen LogP contribution in [-0.2, 0) is 16.0 Å². The van der Waals surface area contributed by atoms with Gasteiger partial charge < -0.3 is 25.5 Å². The number of likely N-dealkylation sites (tertiary alicyclic amines) is 1. The fourth-order valence-electron chi connectivity index (χ4n) is 5.00. The van der Waals surface area contributed by atoms with Gasteiger partial charge in [-0.1, -0.05) is 6.07 Å². The van der Waals surface area contributed by atoms with Crippen molar-refractivity contribution in [2.45, 2.75) is 32.4 Å². The number of nitrogens with two attached hydrogens (primary N) is 1. The minimum absolute atomic E-state index is 0.213. The van der Waals surface area contributed by atoms with E-state index in [9.17, 15) is 4.79 Å². The van der Waals surface area contributed by atoms with Crippen LogP contribution in [0.2, 0.25) is 0 Å². The zero-order chi connectivity index (χ0) is 25.8. The van der Waals surface area contributed by atoms with Crippen molar-refractivity contribution in [2.75, 3.05) is 51.9 Å². The van der Waals surface area contributed by atoms with E-state index in [1.807, 2.05) is 42.1 Å². The molecule has 1 aliphatic heterocycles. The molecular formula is C27H35N7O3. The summed E-state index contributed by atoms with van der Waals surface area (Å²) in [5.41, 5.74) is 9.93. The number of aromatic nitrogens is 4. The van der Waals surface area contributed by atoms with Gasteiger partial charge in [0.2, 0.25) is 0 Å². The summed E-state index contributed by atoms with van der Waals surface area (Å²) < 4.78 is 12.9. The number of pyridine rings is 1. The molecule has 1 aliphatic rings. The fraction of sp³-hybridized carbons (Fsp3) is 0.444. The Bertz CT molecular complexity index is 1380. The van der Waals surface area contributed by atoms with E-state index < -0.39 is 0 Å². The summed E-state index contributed by atoms with van der Waals surface area (Å²) in [6.07, 6.45) is 4.16. The maximum absolute atomic E-state index is 13.1. The number of aryl methyl sites for hydroxylation is 1. The Hall–Kier alpha value is -3.31. The van der Waals surface area contributed by atoms with Crippen LogP contribution in [0.25, 0.3) is 21.8 Å². The average Bonchev–Trinajstić information content (AvgIpc) is 3.59. The zero-order valence-corrected chi connectivity index (χ0v) is 21.5. The highest BCUT2D eigenvalue weighted by molar-refractivity contribution is 6.06. The van der Waals surface area contributed by atoms with Crippen molar-refractivity contribution < 1.29 is 14.3 Å².